The van der Waals surface area contributed by atoms with E-state index < -0.39 is 0 Å². The van der Waals surface area contributed by atoms with Gasteiger partial charge in [-0.3, -0.25) is 4.68 Å². The minimum Gasteiger partial charge on any atom is -0.375 e. The molecule has 1 atom stereocenters. The second kappa shape index (κ2) is 6.72. The molecule has 0 spiro atoms. The topological polar surface area (TPSA) is 39.1 Å². The average molecular weight is 279 g/mol. The third-order valence-electron chi connectivity index (χ3n) is 4.69. The molecule has 1 unspecified atom stereocenters. The van der Waals surface area contributed by atoms with Crippen molar-refractivity contribution >= 4 is 0 Å². The Morgan fingerprint density at radius 1 is 1.40 bits per heavy atom. The van der Waals surface area contributed by atoms with Crippen molar-refractivity contribution in [3.8, 4) is 0 Å². The molecule has 0 bridgehead atoms. The van der Waals surface area contributed by atoms with Gasteiger partial charge in [-0.25, -0.2) is 0 Å². The molecule has 4 heteroatoms. The van der Waals surface area contributed by atoms with Gasteiger partial charge in [0.1, 0.15) is 0 Å². The summed E-state index contributed by atoms with van der Waals surface area (Å²) in [7, 11) is 2.00. The maximum absolute atomic E-state index is 6.04. The van der Waals surface area contributed by atoms with Crippen LogP contribution in [-0.2, 0) is 24.8 Å². The molecular weight excluding hydrogens is 250 g/mol. The Hall–Kier alpha value is -0.870. The molecule has 0 saturated carbocycles. The highest BCUT2D eigenvalue weighted by Gasteiger charge is 2.34. The van der Waals surface area contributed by atoms with Gasteiger partial charge in [-0.2, -0.15) is 5.10 Å². The van der Waals surface area contributed by atoms with Crippen LogP contribution in [0.3, 0.4) is 0 Å². The fourth-order valence-corrected chi connectivity index (χ4v) is 3.23. The van der Waals surface area contributed by atoms with Crippen LogP contribution < -0.4 is 5.32 Å². The van der Waals surface area contributed by atoms with E-state index in [2.05, 4.69) is 37.4 Å². The molecule has 0 amide bonds. The summed E-state index contributed by atoms with van der Waals surface area (Å²) in [6, 6.07) is 0.563. The predicted octanol–water partition coefficient (Wildman–Crippen LogP) is 2.81. The Balaban J connectivity index is 1.93. The van der Waals surface area contributed by atoms with Crippen LogP contribution >= 0.6 is 0 Å². The standard InChI is InChI=1S/C16H29N3O/c1-5-15-13(12-19(4)18-15)11-17-14-8-9-20-16(6-2,7-3)10-14/h12,14,17H,5-11H2,1-4H3. The number of hydrogen-bond acceptors (Lipinski definition) is 3. The van der Waals surface area contributed by atoms with Crippen molar-refractivity contribution in [3.05, 3.63) is 17.5 Å². The number of ether oxygens (including phenoxy) is 1. The maximum atomic E-state index is 6.04. The molecule has 4 nitrogen and oxygen atoms in total. The van der Waals surface area contributed by atoms with Gasteiger partial charge < -0.3 is 10.1 Å². The van der Waals surface area contributed by atoms with E-state index in [0.717, 1.165) is 45.3 Å². The minimum absolute atomic E-state index is 0.0957. The number of rotatable bonds is 6. The van der Waals surface area contributed by atoms with Crippen molar-refractivity contribution in [1.29, 1.82) is 0 Å². The first-order valence-electron chi connectivity index (χ1n) is 8.01. The monoisotopic (exact) mass is 279 g/mol. The first kappa shape index (κ1) is 15.5. The van der Waals surface area contributed by atoms with Gasteiger partial charge in [0.15, 0.2) is 0 Å². The summed E-state index contributed by atoms with van der Waals surface area (Å²) >= 11 is 0. The lowest BCUT2D eigenvalue weighted by atomic mass is 9.86. The smallest absolute Gasteiger partial charge is 0.0692 e. The first-order chi connectivity index (χ1) is 9.62. The van der Waals surface area contributed by atoms with Crippen LogP contribution in [0.25, 0.3) is 0 Å². The van der Waals surface area contributed by atoms with E-state index in [1.807, 2.05) is 11.7 Å². The lowest BCUT2D eigenvalue weighted by Crippen LogP contribution is -2.46. The van der Waals surface area contributed by atoms with Crippen LogP contribution in [0.15, 0.2) is 6.20 Å². The lowest BCUT2D eigenvalue weighted by Gasteiger charge is -2.40. The van der Waals surface area contributed by atoms with Gasteiger partial charge in [0.25, 0.3) is 0 Å². The highest BCUT2D eigenvalue weighted by atomic mass is 16.5. The number of aromatic nitrogens is 2. The molecule has 1 N–H and O–H groups in total. The summed E-state index contributed by atoms with van der Waals surface area (Å²) < 4.78 is 7.96. The fourth-order valence-electron chi connectivity index (χ4n) is 3.23. The molecule has 20 heavy (non-hydrogen) atoms. The van der Waals surface area contributed by atoms with E-state index in [-0.39, 0.29) is 5.60 Å². The van der Waals surface area contributed by atoms with E-state index in [9.17, 15) is 0 Å². The predicted molar refractivity (Wildman–Crippen MR) is 81.7 cm³/mol. The summed E-state index contributed by atoms with van der Waals surface area (Å²) in [5.74, 6) is 0. The van der Waals surface area contributed by atoms with Crippen molar-refractivity contribution < 1.29 is 4.74 Å². The maximum Gasteiger partial charge on any atom is 0.0692 e. The molecule has 114 valence electrons. The van der Waals surface area contributed by atoms with Crippen molar-refractivity contribution in [3.63, 3.8) is 0 Å². The quantitative estimate of drug-likeness (QED) is 0.870. The van der Waals surface area contributed by atoms with Gasteiger partial charge in [0.2, 0.25) is 0 Å². The summed E-state index contributed by atoms with van der Waals surface area (Å²) in [6.45, 7) is 8.45. The molecule has 2 heterocycles. The zero-order chi connectivity index (χ0) is 14.6. The molecule has 0 aliphatic carbocycles. The lowest BCUT2D eigenvalue weighted by molar-refractivity contribution is -0.0932. The summed E-state index contributed by atoms with van der Waals surface area (Å²) in [4.78, 5) is 0. The number of nitrogens with one attached hydrogen (secondary N) is 1. The zero-order valence-corrected chi connectivity index (χ0v) is 13.4. The minimum atomic E-state index is 0.0957. The molecule has 1 aliphatic heterocycles. The van der Waals surface area contributed by atoms with E-state index in [4.69, 9.17) is 4.74 Å². The molecule has 1 aliphatic rings. The Bertz CT molecular complexity index is 423. The Morgan fingerprint density at radius 2 is 2.15 bits per heavy atom. The molecule has 1 aromatic rings. The van der Waals surface area contributed by atoms with Crippen molar-refractivity contribution in [2.45, 2.75) is 71.1 Å². The van der Waals surface area contributed by atoms with Crippen LogP contribution in [0.5, 0.6) is 0 Å². The third kappa shape index (κ3) is 3.41. The Kier molecular flexibility index (Phi) is 5.22. The normalized spacial score (nSPS) is 22.1. The highest BCUT2D eigenvalue weighted by Crippen LogP contribution is 2.31. The average Bonchev–Trinajstić information content (AvgIpc) is 2.85. The van der Waals surface area contributed by atoms with Crippen molar-refractivity contribution in [2.75, 3.05) is 6.61 Å². The van der Waals surface area contributed by atoms with Crippen LogP contribution in [0.2, 0.25) is 0 Å². The van der Waals surface area contributed by atoms with Gasteiger partial charge in [0.05, 0.1) is 11.3 Å². The van der Waals surface area contributed by atoms with Gasteiger partial charge in [-0.1, -0.05) is 20.8 Å². The molecule has 1 aromatic heterocycles. The Labute approximate surface area is 122 Å². The van der Waals surface area contributed by atoms with Gasteiger partial charge in [-0.15, -0.1) is 0 Å². The summed E-state index contributed by atoms with van der Waals surface area (Å²) in [5, 5.41) is 8.22. The van der Waals surface area contributed by atoms with Crippen LogP contribution in [0, 0.1) is 0 Å². The summed E-state index contributed by atoms with van der Waals surface area (Å²) in [6.07, 6.45) is 7.59. The van der Waals surface area contributed by atoms with E-state index in [1.54, 1.807) is 0 Å². The first-order valence-corrected chi connectivity index (χ1v) is 8.01. The number of nitrogens with zero attached hydrogens (tertiary/aromatic N) is 2. The SMILES string of the molecule is CCc1nn(C)cc1CNC1CCOC(CC)(CC)C1. The van der Waals surface area contributed by atoms with Crippen LogP contribution in [0.4, 0.5) is 0 Å². The van der Waals surface area contributed by atoms with E-state index >= 15 is 0 Å². The second-order valence-corrected chi connectivity index (χ2v) is 5.94. The molecule has 0 aromatic carbocycles. The third-order valence-corrected chi connectivity index (χ3v) is 4.69. The fraction of sp³-hybridized carbons (Fsp3) is 0.812. The number of aryl methyl sites for hydroxylation is 2. The molecule has 0 radical (unpaired) electrons. The Morgan fingerprint density at radius 3 is 2.80 bits per heavy atom. The molecule has 1 fully saturated rings. The van der Waals surface area contributed by atoms with Crippen LogP contribution in [-0.4, -0.2) is 28.0 Å². The zero-order valence-electron chi connectivity index (χ0n) is 13.4. The molecule has 2 rings (SSSR count). The van der Waals surface area contributed by atoms with E-state index in [0.29, 0.717) is 6.04 Å². The molecular formula is C16H29N3O. The highest BCUT2D eigenvalue weighted by molar-refractivity contribution is 5.16. The largest absolute Gasteiger partial charge is 0.375 e. The van der Waals surface area contributed by atoms with Gasteiger partial charge in [0, 0.05) is 38.0 Å². The number of hydrogen-bond donors (Lipinski definition) is 1. The van der Waals surface area contributed by atoms with Crippen molar-refractivity contribution in [2.24, 2.45) is 7.05 Å². The second-order valence-electron chi connectivity index (χ2n) is 5.94. The van der Waals surface area contributed by atoms with Gasteiger partial charge >= 0.3 is 0 Å². The van der Waals surface area contributed by atoms with Gasteiger partial charge in [-0.05, 0) is 32.1 Å². The summed E-state index contributed by atoms with van der Waals surface area (Å²) in [5.41, 5.74) is 2.64. The van der Waals surface area contributed by atoms with Crippen molar-refractivity contribution in [1.82, 2.24) is 15.1 Å². The molecule has 1 saturated heterocycles. The van der Waals surface area contributed by atoms with Crippen LogP contribution in [0.1, 0.15) is 57.7 Å². The van der Waals surface area contributed by atoms with E-state index in [1.165, 1.54) is 11.3 Å².